The first-order valence-corrected chi connectivity index (χ1v) is 6.30. The van der Waals surface area contributed by atoms with Gasteiger partial charge in [0.05, 0.1) is 12.8 Å². The summed E-state index contributed by atoms with van der Waals surface area (Å²) in [6.07, 6.45) is 1.53. The number of carbonyl (C=O) groups excluding carboxylic acids is 1. The Morgan fingerprint density at radius 1 is 1.19 bits per heavy atom. The van der Waals surface area contributed by atoms with E-state index in [2.05, 4.69) is 4.98 Å². The summed E-state index contributed by atoms with van der Waals surface area (Å²) in [6.45, 7) is 0. The van der Waals surface area contributed by atoms with Gasteiger partial charge in [-0.3, -0.25) is 9.78 Å². The van der Waals surface area contributed by atoms with Gasteiger partial charge < -0.3 is 20.1 Å². The third-order valence-corrected chi connectivity index (χ3v) is 2.79. The van der Waals surface area contributed by atoms with Crippen molar-refractivity contribution in [3.8, 4) is 17.2 Å². The van der Waals surface area contributed by atoms with Crippen LogP contribution in [0.3, 0.4) is 0 Å². The Balaban J connectivity index is 2.22. The average Bonchev–Trinajstić information content (AvgIpc) is 2.47. The lowest BCUT2D eigenvalue weighted by Crippen LogP contribution is -2.22. The first-order chi connectivity index (χ1) is 10.0. The molecule has 0 saturated heterocycles. The quantitative estimate of drug-likeness (QED) is 0.872. The summed E-state index contributed by atoms with van der Waals surface area (Å²) in [7, 11) is 4.89. The second-order valence-corrected chi connectivity index (χ2v) is 4.58. The molecule has 0 bridgehead atoms. The SMILES string of the molecule is COc1ccc(Oc2ccnc(C(=O)N(C)C)c2)cc1N. The molecular formula is C15H17N3O3. The Hall–Kier alpha value is -2.76. The molecule has 0 aliphatic rings. The molecular weight excluding hydrogens is 270 g/mol. The number of aromatic nitrogens is 1. The van der Waals surface area contributed by atoms with Gasteiger partial charge in [0.15, 0.2) is 0 Å². The van der Waals surface area contributed by atoms with Crippen molar-refractivity contribution in [1.82, 2.24) is 9.88 Å². The highest BCUT2D eigenvalue weighted by molar-refractivity contribution is 5.92. The number of amides is 1. The molecule has 1 amide bonds. The number of rotatable bonds is 4. The zero-order valence-electron chi connectivity index (χ0n) is 12.2. The van der Waals surface area contributed by atoms with E-state index in [4.69, 9.17) is 15.2 Å². The Labute approximate surface area is 123 Å². The Kier molecular flexibility index (Phi) is 4.27. The van der Waals surface area contributed by atoms with E-state index in [1.807, 2.05) is 0 Å². The molecule has 2 rings (SSSR count). The minimum atomic E-state index is -0.185. The summed E-state index contributed by atoms with van der Waals surface area (Å²) in [5.74, 6) is 1.47. The smallest absolute Gasteiger partial charge is 0.272 e. The molecule has 0 atom stereocenters. The molecule has 21 heavy (non-hydrogen) atoms. The van der Waals surface area contributed by atoms with Crippen molar-refractivity contribution in [2.24, 2.45) is 0 Å². The van der Waals surface area contributed by atoms with Crippen molar-refractivity contribution < 1.29 is 14.3 Å². The van der Waals surface area contributed by atoms with E-state index in [-0.39, 0.29) is 5.91 Å². The number of methoxy groups -OCH3 is 1. The van der Waals surface area contributed by atoms with Gasteiger partial charge in [0, 0.05) is 32.4 Å². The molecule has 6 heteroatoms. The van der Waals surface area contributed by atoms with E-state index in [1.165, 1.54) is 11.1 Å². The molecule has 0 aliphatic carbocycles. The van der Waals surface area contributed by atoms with Crippen LogP contribution in [0.15, 0.2) is 36.5 Å². The minimum absolute atomic E-state index is 0.185. The number of ether oxygens (including phenoxy) is 2. The molecule has 0 fully saturated rings. The normalized spacial score (nSPS) is 10.0. The standard InChI is InChI=1S/C15H17N3O3/c1-18(2)15(19)13-9-11(6-7-17-13)21-10-4-5-14(20-3)12(16)8-10/h4-9H,16H2,1-3H3. The summed E-state index contributed by atoms with van der Waals surface area (Å²) in [5, 5.41) is 0. The van der Waals surface area contributed by atoms with Crippen LogP contribution in [0.2, 0.25) is 0 Å². The van der Waals surface area contributed by atoms with Gasteiger partial charge in [0.2, 0.25) is 0 Å². The Morgan fingerprint density at radius 2 is 1.90 bits per heavy atom. The van der Waals surface area contributed by atoms with Crippen molar-refractivity contribution in [3.05, 3.63) is 42.2 Å². The predicted octanol–water partition coefficient (Wildman–Crippen LogP) is 2.17. The first kappa shape index (κ1) is 14.6. The number of pyridine rings is 1. The van der Waals surface area contributed by atoms with Crippen LogP contribution in [0, 0.1) is 0 Å². The lowest BCUT2D eigenvalue weighted by molar-refractivity contribution is 0.0821. The number of nitrogen functional groups attached to an aromatic ring is 1. The molecule has 0 saturated carbocycles. The van der Waals surface area contributed by atoms with E-state index < -0.39 is 0 Å². The van der Waals surface area contributed by atoms with Gasteiger partial charge in [-0.15, -0.1) is 0 Å². The highest BCUT2D eigenvalue weighted by atomic mass is 16.5. The molecule has 0 aliphatic heterocycles. The zero-order valence-corrected chi connectivity index (χ0v) is 12.2. The molecule has 1 aromatic carbocycles. The number of hydrogen-bond donors (Lipinski definition) is 1. The van der Waals surface area contributed by atoms with E-state index in [9.17, 15) is 4.79 Å². The summed E-state index contributed by atoms with van der Waals surface area (Å²) in [4.78, 5) is 17.3. The van der Waals surface area contributed by atoms with Gasteiger partial charge in [-0.1, -0.05) is 0 Å². The summed E-state index contributed by atoms with van der Waals surface area (Å²) >= 11 is 0. The molecule has 1 heterocycles. The van der Waals surface area contributed by atoms with Crippen molar-refractivity contribution in [2.75, 3.05) is 26.9 Å². The van der Waals surface area contributed by atoms with Crippen molar-refractivity contribution in [1.29, 1.82) is 0 Å². The number of carbonyl (C=O) groups is 1. The van der Waals surface area contributed by atoms with Crippen LogP contribution in [-0.2, 0) is 0 Å². The maximum absolute atomic E-state index is 11.9. The molecule has 0 radical (unpaired) electrons. The van der Waals surface area contributed by atoms with E-state index >= 15 is 0 Å². The fourth-order valence-corrected chi connectivity index (χ4v) is 1.73. The minimum Gasteiger partial charge on any atom is -0.495 e. The van der Waals surface area contributed by atoms with Crippen LogP contribution in [0.5, 0.6) is 17.2 Å². The van der Waals surface area contributed by atoms with Crippen molar-refractivity contribution >= 4 is 11.6 Å². The topological polar surface area (TPSA) is 77.7 Å². The molecule has 110 valence electrons. The van der Waals surface area contributed by atoms with E-state index in [1.54, 1.807) is 51.5 Å². The number of hydrogen-bond acceptors (Lipinski definition) is 5. The Morgan fingerprint density at radius 3 is 2.52 bits per heavy atom. The lowest BCUT2D eigenvalue weighted by atomic mass is 10.2. The van der Waals surface area contributed by atoms with E-state index in [0.29, 0.717) is 28.6 Å². The third-order valence-electron chi connectivity index (χ3n) is 2.79. The number of anilines is 1. The van der Waals surface area contributed by atoms with Crippen LogP contribution >= 0.6 is 0 Å². The first-order valence-electron chi connectivity index (χ1n) is 6.30. The maximum atomic E-state index is 11.9. The van der Waals surface area contributed by atoms with Gasteiger partial charge in [-0.2, -0.15) is 0 Å². The zero-order chi connectivity index (χ0) is 15.4. The fraction of sp³-hybridized carbons (Fsp3) is 0.200. The van der Waals surface area contributed by atoms with Gasteiger partial charge in [0.25, 0.3) is 5.91 Å². The van der Waals surface area contributed by atoms with Crippen molar-refractivity contribution in [3.63, 3.8) is 0 Å². The van der Waals surface area contributed by atoms with Crippen LogP contribution in [0.25, 0.3) is 0 Å². The van der Waals surface area contributed by atoms with Gasteiger partial charge in [-0.05, 0) is 18.2 Å². The summed E-state index contributed by atoms with van der Waals surface area (Å²) in [5.41, 5.74) is 6.62. The van der Waals surface area contributed by atoms with Gasteiger partial charge in [-0.25, -0.2) is 0 Å². The highest BCUT2D eigenvalue weighted by Crippen LogP contribution is 2.29. The predicted molar refractivity (Wildman–Crippen MR) is 79.7 cm³/mol. The number of nitrogens with zero attached hydrogens (tertiary/aromatic N) is 2. The second-order valence-electron chi connectivity index (χ2n) is 4.58. The molecule has 6 nitrogen and oxygen atoms in total. The molecule has 2 N–H and O–H groups in total. The molecule has 1 aromatic heterocycles. The monoisotopic (exact) mass is 287 g/mol. The lowest BCUT2D eigenvalue weighted by Gasteiger charge is -2.11. The van der Waals surface area contributed by atoms with Crippen LogP contribution in [0.1, 0.15) is 10.5 Å². The van der Waals surface area contributed by atoms with Crippen LogP contribution in [0.4, 0.5) is 5.69 Å². The Bertz CT molecular complexity index is 656. The summed E-state index contributed by atoms with van der Waals surface area (Å²) in [6, 6.07) is 8.38. The van der Waals surface area contributed by atoms with Crippen LogP contribution in [-0.4, -0.2) is 37.0 Å². The maximum Gasteiger partial charge on any atom is 0.272 e. The third kappa shape index (κ3) is 3.42. The average molecular weight is 287 g/mol. The summed E-state index contributed by atoms with van der Waals surface area (Å²) < 4.78 is 10.8. The largest absolute Gasteiger partial charge is 0.495 e. The van der Waals surface area contributed by atoms with Crippen LogP contribution < -0.4 is 15.2 Å². The van der Waals surface area contributed by atoms with E-state index in [0.717, 1.165) is 0 Å². The number of benzene rings is 1. The van der Waals surface area contributed by atoms with Gasteiger partial charge in [0.1, 0.15) is 22.9 Å². The molecule has 0 unspecified atom stereocenters. The fourth-order valence-electron chi connectivity index (χ4n) is 1.73. The highest BCUT2D eigenvalue weighted by Gasteiger charge is 2.11. The molecule has 2 aromatic rings. The second kappa shape index (κ2) is 6.13. The molecule has 0 spiro atoms. The van der Waals surface area contributed by atoms with Gasteiger partial charge >= 0.3 is 0 Å². The van der Waals surface area contributed by atoms with Crippen molar-refractivity contribution in [2.45, 2.75) is 0 Å². The number of nitrogens with two attached hydrogens (primary N) is 1.